The Balaban J connectivity index is 2.12. The van der Waals surface area contributed by atoms with E-state index in [0.717, 1.165) is 0 Å². The van der Waals surface area contributed by atoms with Crippen LogP contribution in [0.1, 0.15) is 5.56 Å². The minimum absolute atomic E-state index is 0.00247. The van der Waals surface area contributed by atoms with Gasteiger partial charge >= 0.3 is 0 Å². The summed E-state index contributed by atoms with van der Waals surface area (Å²) in [5.74, 6) is 0.0469. The van der Waals surface area contributed by atoms with Crippen LogP contribution in [0.25, 0.3) is 0 Å². The molecule has 1 heterocycles. The fourth-order valence-electron chi connectivity index (χ4n) is 2.28. The molecular formula is C14H12FNO3S. The predicted octanol–water partition coefficient (Wildman–Crippen LogP) is 2.54. The van der Waals surface area contributed by atoms with E-state index in [2.05, 4.69) is 0 Å². The van der Waals surface area contributed by atoms with E-state index in [1.54, 1.807) is 24.3 Å². The van der Waals surface area contributed by atoms with Gasteiger partial charge in [-0.25, -0.2) is 12.8 Å². The maximum absolute atomic E-state index is 13.8. The van der Waals surface area contributed by atoms with Gasteiger partial charge in [0.1, 0.15) is 11.6 Å². The standard InChI is InChI=1S/C14H12FNO3S/c1-19-11-5-2-4-10(8-11)16-9-12-13(15)6-3-7-14(12)20(16,17)18/h2-8H,9H2,1H3. The summed E-state index contributed by atoms with van der Waals surface area (Å²) in [6.45, 7) is -0.00247. The van der Waals surface area contributed by atoms with E-state index < -0.39 is 15.8 Å². The van der Waals surface area contributed by atoms with Crippen LogP contribution in [-0.4, -0.2) is 15.5 Å². The molecule has 0 spiro atoms. The average molecular weight is 293 g/mol. The highest BCUT2D eigenvalue weighted by Gasteiger charge is 2.36. The summed E-state index contributed by atoms with van der Waals surface area (Å²) >= 11 is 0. The van der Waals surface area contributed by atoms with E-state index in [9.17, 15) is 12.8 Å². The van der Waals surface area contributed by atoms with Crippen LogP contribution in [0.4, 0.5) is 10.1 Å². The van der Waals surface area contributed by atoms with Gasteiger partial charge in [0.2, 0.25) is 0 Å². The summed E-state index contributed by atoms with van der Waals surface area (Å²) in [5, 5.41) is 0. The largest absolute Gasteiger partial charge is 0.497 e. The van der Waals surface area contributed by atoms with Gasteiger partial charge < -0.3 is 4.74 Å². The zero-order valence-corrected chi connectivity index (χ0v) is 11.5. The van der Waals surface area contributed by atoms with Crippen molar-refractivity contribution in [2.75, 3.05) is 11.4 Å². The lowest BCUT2D eigenvalue weighted by Gasteiger charge is -2.17. The SMILES string of the molecule is COc1cccc(N2Cc3c(F)cccc3S2(=O)=O)c1. The van der Waals surface area contributed by atoms with Gasteiger partial charge in [0.25, 0.3) is 10.0 Å². The van der Waals surface area contributed by atoms with Crippen molar-refractivity contribution in [1.82, 2.24) is 0 Å². The number of sulfonamides is 1. The van der Waals surface area contributed by atoms with Crippen molar-refractivity contribution in [1.29, 1.82) is 0 Å². The first-order valence-corrected chi connectivity index (χ1v) is 7.42. The van der Waals surface area contributed by atoms with Gasteiger partial charge in [-0.2, -0.15) is 0 Å². The molecule has 0 N–H and O–H groups in total. The molecule has 0 atom stereocenters. The van der Waals surface area contributed by atoms with Gasteiger partial charge in [-0.3, -0.25) is 4.31 Å². The summed E-state index contributed by atoms with van der Waals surface area (Å²) < 4.78 is 44.9. The number of rotatable bonds is 2. The highest BCUT2D eigenvalue weighted by atomic mass is 32.2. The van der Waals surface area contributed by atoms with E-state index in [-0.39, 0.29) is 17.0 Å². The lowest BCUT2D eigenvalue weighted by molar-refractivity contribution is 0.415. The average Bonchev–Trinajstić information content (AvgIpc) is 2.72. The number of hydrogen-bond acceptors (Lipinski definition) is 3. The molecule has 1 aliphatic rings. The maximum atomic E-state index is 13.8. The topological polar surface area (TPSA) is 46.6 Å². The summed E-state index contributed by atoms with van der Waals surface area (Å²) in [6.07, 6.45) is 0. The second kappa shape index (κ2) is 4.49. The van der Waals surface area contributed by atoms with Crippen LogP contribution < -0.4 is 9.04 Å². The van der Waals surface area contributed by atoms with Crippen molar-refractivity contribution in [3.63, 3.8) is 0 Å². The summed E-state index contributed by atoms with van der Waals surface area (Å²) in [7, 11) is -2.20. The third-order valence-corrected chi connectivity index (χ3v) is 5.15. The summed E-state index contributed by atoms with van der Waals surface area (Å²) in [6, 6.07) is 10.8. The normalized spacial score (nSPS) is 16.0. The third-order valence-electron chi connectivity index (χ3n) is 3.29. The molecule has 0 aliphatic carbocycles. The molecule has 3 rings (SSSR count). The summed E-state index contributed by atoms with van der Waals surface area (Å²) in [4.78, 5) is 0.0281. The quantitative estimate of drug-likeness (QED) is 0.855. The van der Waals surface area contributed by atoms with E-state index in [4.69, 9.17) is 4.74 Å². The number of hydrogen-bond donors (Lipinski definition) is 0. The second-order valence-corrected chi connectivity index (χ2v) is 6.26. The van der Waals surface area contributed by atoms with E-state index >= 15 is 0 Å². The van der Waals surface area contributed by atoms with Crippen molar-refractivity contribution in [3.05, 3.63) is 53.8 Å². The smallest absolute Gasteiger partial charge is 0.265 e. The zero-order valence-electron chi connectivity index (χ0n) is 10.7. The zero-order chi connectivity index (χ0) is 14.3. The minimum Gasteiger partial charge on any atom is -0.497 e. The molecule has 0 amide bonds. The fourth-order valence-corrected chi connectivity index (χ4v) is 3.93. The number of fused-ring (bicyclic) bond motifs is 1. The monoisotopic (exact) mass is 293 g/mol. The molecule has 0 saturated heterocycles. The Kier molecular flexibility index (Phi) is 2.90. The number of anilines is 1. The van der Waals surface area contributed by atoms with Crippen molar-refractivity contribution in [2.45, 2.75) is 11.4 Å². The molecular weight excluding hydrogens is 281 g/mol. The predicted molar refractivity (Wildman–Crippen MR) is 72.8 cm³/mol. The van der Waals surface area contributed by atoms with Crippen LogP contribution >= 0.6 is 0 Å². The van der Waals surface area contributed by atoms with Crippen molar-refractivity contribution in [2.24, 2.45) is 0 Å². The van der Waals surface area contributed by atoms with Gasteiger partial charge in [0.15, 0.2) is 0 Å². The molecule has 0 aromatic heterocycles. The molecule has 4 nitrogen and oxygen atoms in total. The third kappa shape index (κ3) is 1.84. The van der Waals surface area contributed by atoms with Crippen LogP contribution in [-0.2, 0) is 16.6 Å². The maximum Gasteiger partial charge on any atom is 0.265 e. The van der Waals surface area contributed by atoms with Crippen molar-refractivity contribution in [3.8, 4) is 5.75 Å². The number of benzene rings is 2. The van der Waals surface area contributed by atoms with Gasteiger partial charge in [0, 0.05) is 11.6 Å². The second-order valence-electron chi connectivity index (χ2n) is 4.43. The van der Waals surface area contributed by atoms with Crippen LogP contribution in [0.15, 0.2) is 47.4 Å². The van der Waals surface area contributed by atoms with Gasteiger partial charge in [-0.1, -0.05) is 12.1 Å². The highest BCUT2D eigenvalue weighted by molar-refractivity contribution is 7.93. The lowest BCUT2D eigenvalue weighted by atomic mass is 10.2. The summed E-state index contributed by atoms with van der Waals surface area (Å²) in [5.41, 5.74) is 0.662. The molecule has 0 saturated carbocycles. The van der Waals surface area contributed by atoms with Gasteiger partial charge in [0.05, 0.1) is 24.2 Å². The highest BCUT2D eigenvalue weighted by Crippen LogP contribution is 2.36. The molecule has 2 aromatic carbocycles. The minimum atomic E-state index is -3.71. The molecule has 1 aliphatic heterocycles. The molecule has 6 heteroatoms. The molecule has 20 heavy (non-hydrogen) atoms. The first kappa shape index (κ1) is 12.9. The Hall–Kier alpha value is -2.08. The van der Waals surface area contributed by atoms with Crippen LogP contribution in [0.2, 0.25) is 0 Å². The first-order chi connectivity index (χ1) is 9.54. The number of ether oxygens (including phenoxy) is 1. The Labute approximate surface area is 116 Å². The number of halogens is 1. The van der Waals surface area contributed by atoms with Crippen LogP contribution in [0, 0.1) is 5.82 Å². The van der Waals surface area contributed by atoms with Crippen molar-refractivity contribution < 1.29 is 17.5 Å². The molecule has 2 aromatic rings. The molecule has 0 radical (unpaired) electrons. The van der Waals surface area contributed by atoms with Gasteiger partial charge in [-0.05, 0) is 24.3 Å². The molecule has 104 valence electrons. The van der Waals surface area contributed by atoms with E-state index in [1.165, 1.54) is 29.6 Å². The van der Waals surface area contributed by atoms with E-state index in [0.29, 0.717) is 11.4 Å². The molecule has 0 fully saturated rings. The fraction of sp³-hybridized carbons (Fsp3) is 0.143. The Bertz CT molecular complexity index is 774. The lowest BCUT2D eigenvalue weighted by Crippen LogP contribution is -2.23. The van der Waals surface area contributed by atoms with Crippen LogP contribution in [0.3, 0.4) is 0 Å². The number of nitrogens with zero attached hydrogens (tertiary/aromatic N) is 1. The Morgan fingerprint density at radius 2 is 1.95 bits per heavy atom. The van der Waals surface area contributed by atoms with Crippen LogP contribution in [0.5, 0.6) is 5.75 Å². The van der Waals surface area contributed by atoms with Crippen molar-refractivity contribution >= 4 is 15.7 Å². The Morgan fingerprint density at radius 1 is 1.20 bits per heavy atom. The molecule has 0 unspecified atom stereocenters. The molecule has 0 bridgehead atoms. The number of methoxy groups -OCH3 is 1. The van der Waals surface area contributed by atoms with E-state index in [1.807, 2.05) is 0 Å². The van der Waals surface area contributed by atoms with Gasteiger partial charge in [-0.15, -0.1) is 0 Å². The first-order valence-electron chi connectivity index (χ1n) is 5.98. The Morgan fingerprint density at radius 3 is 2.65 bits per heavy atom.